The van der Waals surface area contributed by atoms with E-state index < -0.39 is 17.8 Å². The Morgan fingerprint density at radius 2 is 2.05 bits per heavy atom. The van der Waals surface area contributed by atoms with E-state index in [1.165, 1.54) is 36.4 Å². The molecule has 22 heavy (non-hydrogen) atoms. The molecule has 0 fully saturated rings. The third-order valence-corrected chi connectivity index (χ3v) is 3.73. The van der Waals surface area contributed by atoms with E-state index in [-0.39, 0.29) is 16.8 Å². The molecule has 0 spiro atoms. The predicted octanol–water partition coefficient (Wildman–Crippen LogP) is 1.53. The summed E-state index contributed by atoms with van der Waals surface area (Å²) in [6.07, 6.45) is 1.30. The number of hydrogen-bond acceptors (Lipinski definition) is 6. The number of anilines is 1. The standard InChI is InChI=1S/C13H13N3O5S/c1-6-4-7(13(20)21-3)11(22-6)14-10(17)8-5-16(2)15-9(8)12(18)19/h4-5H,1-3H3,(H,14,17)(H,18,19). The van der Waals surface area contributed by atoms with Gasteiger partial charge in [-0.25, -0.2) is 9.59 Å². The maximum Gasteiger partial charge on any atom is 0.357 e. The van der Waals surface area contributed by atoms with E-state index in [9.17, 15) is 14.4 Å². The van der Waals surface area contributed by atoms with Crippen LogP contribution in [0.25, 0.3) is 0 Å². The molecule has 2 N–H and O–H groups in total. The number of aryl methyl sites for hydroxylation is 2. The van der Waals surface area contributed by atoms with E-state index in [1.807, 2.05) is 0 Å². The van der Waals surface area contributed by atoms with Crippen molar-refractivity contribution in [2.45, 2.75) is 6.92 Å². The van der Waals surface area contributed by atoms with E-state index >= 15 is 0 Å². The largest absolute Gasteiger partial charge is 0.476 e. The summed E-state index contributed by atoms with van der Waals surface area (Å²) >= 11 is 1.19. The molecule has 0 saturated heterocycles. The van der Waals surface area contributed by atoms with Crippen molar-refractivity contribution >= 4 is 34.2 Å². The Morgan fingerprint density at radius 3 is 2.64 bits per heavy atom. The lowest BCUT2D eigenvalue weighted by Crippen LogP contribution is -2.16. The Bertz CT molecular complexity index is 762. The van der Waals surface area contributed by atoms with Gasteiger partial charge in [-0.3, -0.25) is 9.48 Å². The third-order valence-electron chi connectivity index (χ3n) is 2.76. The van der Waals surface area contributed by atoms with Crippen LogP contribution in [-0.4, -0.2) is 39.8 Å². The second-order valence-corrected chi connectivity index (χ2v) is 5.67. The number of carboxylic acids is 1. The number of carbonyl (C=O) groups excluding carboxylic acids is 2. The van der Waals surface area contributed by atoms with Crippen LogP contribution in [0.3, 0.4) is 0 Å². The molecule has 0 aliphatic rings. The van der Waals surface area contributed by atoms with Crippen LogP contribution < -0.4 is 5.32 Å². The summed E-state index contributed by atoms with van der Waals surface area (Å²) in [5.41, 5.74) is -0.219. The molecule has 0 aliphatic heterocycles. The van der Waals surface area contributed by atoms with Gasteiger partial charge < -0.3 is 15.2 Å². The van der Waals surface area contributed by atoms with Gasteiger partial charge in [0.05, 0.1) is 18.2 Å². The number of methoxy groups -OCH3 is 1. The van der Waals surface area contributed by atoms with Gasteiger partial charge in [0.15, 0.2) is 5.69 Å². The van der Waals surface area contributed by atoms with Gasteiger partial charge in [0.25, 0.3) is 5.91 Å². The maximum absolute atomic E-state index is 12.3. The SMILES string of the molecule is COC(=O)c1cc(C)sc1NC(=O)c1cn(C)nc1C(=O)O. The van der Waals surface area contributed by atoms with Crippen LogP contribution in [0.5, 0.6) is 0 Å². The van der Waals surface area contributed by atoms with E-state index in [1.54, 1.807) is 13.0 Å². The van der Waals surface area contributed by atoms with Gasteiger partial charge in [0.1, 0.15) is 5.00 Å². The Labute approximate surface area is 129 Å². The average Bonchev–Trinajstić information content (AvgIpc) is 3.01. The second kappa shape index (κ2) is 5.98. The minimum atomic E-state index is -1.30. The maximum atomic E-state index is 12.3. The highest BCUT2D eigenvalue weighted by Crippen LogP contribution is 2.28. The number of carbonyl (C=O) groups is 3. The van der Waals surface area contributed by atoms with Crippen molar-refractivity contribution < 1.29 is 24.2 Å². The lowest BCUT2D eigenvalue weighted by Gasteiger charge is -2.04. The summed E-state index contributed by atoms with van der Waals surface area (Å²) in [4.78, 5) is 35.8. The van der Waals surface area contributed by atoms with E-state index in [4.69, 9.17) is 5.11 Å². The van der Waals surface area contributed by atoms with Crippen LogP contribution in [0, 0.1) is 6.92 Å². The molecule has 0 radical (unpaired) electrons. The summed E-state index contributed by atoms with van der Waals surface area (Å²) in [6.45, 7) is 1.78. The number of aromatic carboxylic acids is 1. The van der Waals surface area contributed by atoms with Gasteiger partial charge in [0.2, 0.25) is 0 Å². The molecular formula is C13H13N3O5S. The number of ether oxygens (including phenoxy) is 1. The summed E-state index contributed by atoms with van der Waals surface area (Å²) in [7, 11) is 2.75. The van der Waals surface area contributed by atoms with E-state index in [2.05, 4.69) is 15.2 Å². The molecule has 0 unspecified atom stereocenters. The van der Waals surface area contributed by atoms with Crippen LogP contribution in [0.15, 0.2) is 12.3 Å². The summed E-state index contributed by atoms with van der Waals surface area (Å²) < 4.78 is 5.88. The number of amides is 1. The predicted molar refractivity (Wildman–Crippen MR) is 78.5 cm³/mol. The monoisotopic (exact) mass is 323 g/mol. The second-order valence-electron chi connectivity index (χ2n) is 4.42. The first kappa shape index (κ1) is 15.7. The van der Waals surface area contributed by atoms with Crippen molar-refractivity contribution in [2.75, 3.05) is 12.4 Å². The van der Waals surface area contributed by atoms with Gasteiger partial charge in [0, 0.05) is 18.1 Å². The molecule has 2 aromatic rings. The molecule has 2 rings (SSSR count). The number of thiophene rings is 1. The van der Waals surface area contributed by atoms with Gasteiger partial charge in [-0.15, -0.1) is 11.3 Å². The zero-order valence-corrected chi connectivity index (χ0v) is 12.9. The molecule has 2 heterocycles. The topological polar surface area (TPSA) is 111 Å². The molecule has 2 aromatic heterocycles. The fourth-order valence-corrected chi connectivity index (χ4v) is 2.75. The molecule has 116 valence electrons. The zero-order valence-electron chi connectivity index (χ0n) is 12.0. The smallest absolute Gasteiger partial charge is 0.357 e. The minimum absolute atomic E-state index is 0.0862. The van der Waals surface area contributed by atoms with Crippen molar-refractivity contribution in [3.63, 3.8) is 0 Å². The van der Waals surface area contributed by atoms with Crippen molar-refractivity contribution in [1.82, 2.24) is 9.78 Å². The van der Waals surface area contributed by atoms with Crippen molar-refractivity contribution in [3.8, 4) is 0 Å². The highest BCUT2D eigenvalue weighted by Gasteiger charge is 2.23. The fraction of sp³-hybridized carbons (Fsp3) is 0.231. The van der Waals surface area contributed by atoms with Gasteiger partial charge >= 0.3 is 11.9 Å². The van der Waals surface area contributed by atoms with Crippen LogP contribution in [0.1, 0.15) is 36.1 Å². The molecule has 0 atom stereocenters. The van der Waals surface area contributed by atoms with Gasteiger partial charge in [-0.2, -0.15) is 5.10 Å². The number of carboxylic acid groups (broad SMARTS) is 1. The number of rotatable bonds is 4. The lowest BCUT2D eigenvalue weighted by molar-refractivity contribution is 0.0601. The number of esters is 1. The Hall–Kier alpha value is -2.68. The zero-order chi connectivity index (χ0) is 16.4. The normalized spacial score (nSPS) is 10.3. The molecule has 8 nitrogen and oxygen atoms in total. The molecule has 0 bridgehead atoms. The Balaban J connectivity index is 2.34. The molecule has 0 aromatic carbocycles. The molecule has 0 saturated carbocycles. The molecular weight excluding hydrogens is 310 g/mol. The first-order chi connectivity index (χ1) is 10.3. The van der Waals surface area contributed by atoms with Crippen LogP contribution in [0.4, 0.5) is 5.00 Å². The quantitative estimate of drug-likeness (QED) is 0.826. The van der Waals surface area contributed by atoms with Crippen LogP contribution in [-0.2, 0) is 11.8 Å². The number of nitrogens with one attached hydrogen (secondary N) is 1. The summed E-state index contributed by atoms with van der Waals surface area (Å²) in [5, 5.41) is 15.6. The number of aromatic nitrogens is 2. The molecule has 1 amide bonds. The van der Waals surface area contributed by atoms with Gasteiger partial charge in [-0.1, -0.05) is 0 Å². The number of hydrogen-bond donors (Lipinski definition) is 2. The fourth-order valence-electron chi connectivity index (χ4n) is 1.85. The average molecular weight is 323 g/mol. The Morgan fingerprint density at radius 1 is 1.36 bits per heavy atom. The van der Waals surface area contributed by atoms with Crippen molar-refractivity contribution in [1.29, 1.82) is 0 Å². The minimum Gasteiger partial charge on any atom is -0.476 e. The van der Waals surface area contributed by atoms with Gasteiger partial charge in [-0.05, 0) is 13.0 Å². The Kier molecular flexibility index (Phi) is 4.27. The summed E-state index contributed by atoms with van der Waals surface area (Å²) in [6, 6.07) is 1.59. The molecule has 9 heteroatoms. The highest BCUT2D eigenvalue weighted by molar-refractivity contribution is 7.16. The first-order valence-electron chi connectivity index (χ1n) is 6.10. The van der Waals surface area contributed by atoms with E-state index in [0.717, 1.165) is 4.88 Å². The number of nitrogens with zero attached hydrogens (tertiary/aromatic N) is 2. The van der Waals surface area contributed by atoms with Crippen molar-refractivity contribution in [3.05, 3.63) is 34.0 Å². The lowest BCUT2D eigenvalue weighted by atomic mass is 10.2. The highest BCUT2D eigenvalue weighted by atomic mass is 32.1. The third kappa shape index (κ3) is 2.98. The van der Waals surface area contributed by atoms with Crippen LogP contribution in [0.2, 0.25) is 0 Å². The molecule has 0 aliphatic carbocycles. The van der Waals surface area contributed by atoms with Crippen molar-refractivity contribution in [2.24, 2.45) is 7.05 Å². The summed E-state index contributed by atoms with van der Waals surface area (Å²) in [5.74, 6) is -2.54. The van der Waals surface area contributed by atoms with Crippen LogP contribution >= 0.6 is 11.3 Å². The van der Waals surface area contributed by atoms with E-state index in [0.29, 0.717) is 5.00 Å². The first-order valence-corrected chi connectivity index (χ1v) is 6.92.